The molecule has 1 heterocycles. The van der Waals surface area contributed by atoms with E-state index in [0.717, 1.165) is 0 Å². The maximum absolute atomic E-state index is 11.0. The fourth-order valence-corrected chi connectivity index (χ4v) is 0.460. The van der Waals surface area contributed by atoms with Crippen molar-refractivity contribution in [3.05, 3.63) is 0 Å². The molecule has 0 saturated carbocycles. The van der Waals surface area contributed by atoms with Crippen LogP contribution in [0.5, 0.6) is 0 Å². The van der Waals surface area contributed by atoms with Crippen molar-refractivity contribution in [2.45, 2.75) is 6.85 Å². The van der Waals surface area contributed by atoms with Crippen LogP contribution >= 0.6 is 0 Å². The Bertz CT molecular complexity index is 251. The van der Waals surface area contributed by atoms with Crippen molar-refractivity contribution in [2.75, 3.05) is 6.52 Å². The summed E-state index contributed by atoms with van der Waals surface area (Å²) in [7, 11) is 0. The number of hydrogen-bond acceptors (Lipinski definition) is 2. The third-order valence-corrected chi connectivity index (χ3v) is 0.900. The quantitative estimate of drug-likeness (QED) is 0.465. The first kappa shape index (κ1) is 2.68. The van der Waals surface area contributed by atoms with Crippen molar-refractivity contribution in [1.82, 2.24) is 10.6 Å². The lowest BCUT2D eigenvalue weighted by molar-refractivity contribution is -0.123. The number of carbonyl (C=O) groups is 2. The molecular formula is C5H8N2O2. The zero-order chi connectivity index (χ0) is 10.2. The van der Waals surface area contributed by atoms with Gasteiger partial charge in [-0.1, -0.05) is 6.85 Å². The minimum atomic E-state index is -2.57. The van der Waals surface area contributed by atoms with Crippen molar-refractivity contribution in [3.63, 3.8) is 0 Å². The molecule has 50 valence electrons. The normalized spacial score (nSPS) is 43.1. The van der Waals surface area contributed by atoms with E-state index in [9.17, 15) is 9.59 Å². The summed E-state index contributed by atoms with van der Waals surface area (Å²) in [5, 5.41) is 3.80. The molecule has 4 nitrogen and oxygen atoms in total. The molecule has 0 aromatic heterocycles. The summed E-state index contributed by atoms with van der Waals surface area (Å²) in [5.74, 6) is -2.42. The first-order chi connectivity index (χ1) is 5.82. The Morgan fingerprint density at radius 2 is 2.67 bits per heavy atom. The Balaban J connectivity index is 2.85. The number of rotatable bonds is 0. The Labute approximate surface area is 58.2 Å². The maximum atomic E-state index is 11.0. The van der Waals surface area contributed by atoms with E-state index in [1.165, 1.54) is 0 Å². The third kappa shape index (κ3) is 1.19. The van der Waals surface area contributed by atoms with Gasteiger partial charge in [0.05, 0.1) is 5.92 Å². The van der Waals surface area contributed by atoms with Gasteiger partial charge in [-0.05, 0) is 0 Å². The van der Waals surface area contributed by atoms with Crippen LogP contribution in [0, 0.1) is 5.92 Å². The van der Waals surface area contributed by atoms with Gasteiger partial charge < -0.3 is 5.32 Å². The van der Waals surface area contributed by atoms with Gasteiger partial charge in [0.25, 0.3) is 0 Å². The van der Waals surface area contributed by atoms with Crippen LogP contribution in [0.2, 0.25) is 0 Å². The topological polar surface area (TPSA) is 58.2 Å². The second kappa shape index (κ2) is 2.05. The first-order valence-corrected chi connectivity index (χ1v) is 2.36. The Hall–Kier alpha value is -1.06. The SMILES string of the molecule is [2H]C1NC(=O)NC(=O)C1C([2H])([2H])[2H]. The molecule has 1 fully saturated rings. The highest BCUT2D eigenvalue weighted by Crippen LogP contribution is 1.95. The lowest BCUT2D eigenvalue weighted by Gasteiger charge is -2.17. The van der Waals surface area contributed by atoms with Crippen LogP contribution < -0.4 is 10.6 Å². The summed E-state index contributed by atoms with van der Waals surface area (Å²) < 4.78 is 28.1. The van der Waals surface area contributed by atoms with Crippen LogP contribution in [-0.4, -0.2) is 18.5 Å². The lowest BCUT2D eigenvalue weighted by atomic mass is 10.1. The van der Waals surface area contributed by atoms with Gasteiger partial charge in [-0.25, -0.2) is 4.79 Å². The third-order valence-electron chi connectivity index (χ3n) is 0.900. The number of amides is 3. The van der Waals surface area contributed by atoms with Crippen LogP contribution in [0.15, 0.2) is 0 Å². The minimum Gasteiger partial charge on any atom is -0.337 e. The zero-order valence-electron chi connectivity index (χ0n) is 8.47. The molecule has 3 amide bonds. The average molecular weight is 132 g/mol. The highest BCUT2D eigenvalue weighted by atomic mass is 16.2. The molecule has 1 aliphatic heterocycles. The minimum absolute atomic E-state index is 0.828. The lowest BCUT2D eigenvalue weighted by Crippen LogP contribution is -2.51. The van der Waals surface area contributed by atoms with Crippen molar-refractivity contribution in [1.29, 1.82) is 0 Å². The molecule has 2 N–H and O–H groups in total. The van der Waals surface area contributed by atoms with Gasteiger partial charge in [0.15, 0.2) is 0 Å². The van der Waals surface area contributed by atoms with Crippen molar-refractivity contribution >= 4 is 11.9 Å². The number of imide groups is 1. The van der Waals surface area contributed by atoms with Gasteiger partial charge in [-0.3, -0.25) is 10.1 Å². The number of hydrogen-bond donors (Lipinski definition) is 2. The van der Waals surface area contributed by atoms with Crippen LogP contribution in [0.25, 0.3) is 0 Å². The predicted octanol–water partition coefficient (Wildman–Crippen LogP) is -0.538. The average Bonchev–Trinajstić information content (AvgIpc) is 1.78. The molecule has 0 spiro atoms. The van der Waals surface area contributed by atoms with E-state index < -0.39 is 31.2 Å². The standard InChI is InChI=1S/C5H8N2O2/c1-3-2-6-5(9)7-4(3)8/h3H,2H2,1H3,(H2,6,7,8,9)/i1D3,2D. The summed E-state index contributed by atoms with van der Waals surface area (Å²) in [4.78, 5) is 21.6. The monoisotopic (exact) mass is 132 g/mol. The smallest absolute Gasteiger partial charge is 0.321 e. The fourth-order valence-electron chi connectivity index (χ4n) is 0.460. The van der Waals surface area contributed by atoms with Gasteiger partial charge >= 0.3 is 6.03 Å². The summed E-state index contributed by atoms with van der Waals surface area (Å²) in [5.41, 5.74) is 0. The van der Waals surface area contributed by atoms with Gasteiger partial charge in [-0.2, -0.15) is 0 Å². The van der Waals surface area contributed by atoms with E-state index in [-0.39, 0.29) is 0 Å². The van der Waals surface area contributed by atoms with Crippen LogP contribution in [0.3, 0.4) is 0 Å². The Morgan fingerprint density at radius 1 is 1.89 bits per heavy atom. The van der Waals surface area contributed by atoms with Gasteiger partial charge in [-0.15, -0.1) is 0 Å². The van der Waals surface area contributed by atoms with Crippen molar-refractivity contribution in [3.8, 4) is 0 Å². The number of nitrogens with one attached hydrogen (secondary N) is 2. The largest absolute Gasteiger partial charge is 0.337 e. The molecule has 0 radical (unpaired) electrons. The van der Waals surface area contributed by atoms with Crippen LogP contribution in [-0.2, 0) is 4.79 Å². The molecule has 1 rings (SSSR count). The Kier molecular flexibility index (Phi) is 0.610. The second-order valence-electron chi connectivity index (χ2n) is 1.61. The second-order valence-corrected chi connectivity index (χ2v) is 1.61. The molecular weight excluding hydrogens is 120 g/mol. The molecule has 0 aliphatic carbocycles. The van der Waals surface area contributed by atoms with Crippen molar-refractivity contribution in [2.24, 2.45) is 5.92 Å². The van der Waals surface area contributed by atoms with Gasteiger partial charge in [0.1, 0.15) is 0 Å². The first-order valence-electron chi connectivity index (χ1n) is 4.43. The van der Waals surface area contributed by atoms with Gasteiger partial charge in [0.2, 0.25) is 5.91 Å². The molecule has 2 unspecified atom stereocenters. The summed E-state index contributed by atoms with van der Waals surface area (Å²) in [6, 6.07) is -0.828. The highest BCUT2D eigenvalue weighted by Gasteiger charge is 2.20. The van der Waals surface area contributed by atoms with E-state index in [4.69, 9.17) is 5.48 Å². The van der Waals surface area contributed by atoms with Gasteiger partial charge in [0, 0.05) is 12.0 Å². The number of urea groups is 1. The van der Waals surface area contributed by atoms with Crippen LogP contribution in [0.1, 0.15) is 12.3 Å². The zero-order valence-corrected chi connectivity index (χ0v) is 4.47. The Morgan fingerprint density at radius 3 is 3.22 bits per heavy atom. The summed E-state index contributed by atoms with van der Waals surface area (Å²) in [6.07, 6.45) is 0. The number of carbonyl (C=O) groups excluding carboxylic acids is 2. The van der Waals surface area contributed by atoms with E-state index in [1.807, 2.05) is 5.32 Å². The summed E-state index contributed by atoms with van der Waals surface area (Å²) in [6.45, 7) is -3.97. The van der Waals surface area contributed by atoms with Crippen LogP contribution in [0.4, 0.5) is 4.79 Å². The van der Waals surface area contributed by atoms with E-state index in [2.05, 4.69) is 0 Å². The van der Waals surface area contributed by atoms with E-state index in [0.29, 0.717) is 0 Å². The molecule has 0 aromatic rings. The molecule has 4 heteroatoms. The summed E-state index contributed by atoms with van der Waals surface area (Å²) >= 11 is 0. The fraction of sp³-hybridized carbons (Fsp3) is 0.600. The predicted molar refractivity (Wildman–Crippen MR) is 30.7 cm³/mol. The molecule has 1 saturated heterocycles. The molecule has 0 aromatic carbocycles. The van der Waals surface area contributed by atoms with Crippen molar-refractivity contribution < 1.29 is 15.1 Å². The molecule has 1 aliphatic rings. The molecule has 0 bridgehead atoms. The highest BCUT2D eigenvalue weighted by molar-refractivity contribution is 5.97. The maximum Gasteiger partial charge on any atom is 0.321 e. The van der Waals surface area contributed by atoms with E-state index in [1.54, 1.807) is 5.32 Å². The molecule has 2 atom stereocenters. The van der Waals surface area contributed by atoms with E-state index >= 15 is 0 Å². The molecule has 9 heavy (non-hydrogen) atoms.